The number of hydrogen-bond donors (Lipinski definition) is 3. The molecule has 0 amide bonds. The molecule has 0 aromatic heterocycles. The first-order valence-corrected chi connectivity index (χ1v) is 15.5. The Morgan fingerprint density at radius 3 is 1.90 bits per heavy atom. The summed E-state index contributed by atoms with van der Waals surface area (Å²) in [6.45, 7) is 11.0. The molecule has 220 valence electrons. The number of benzene rings is 2. The average molecular weight is 541 g/mol. The molecule has 5 heteroatoms. The molecule has 0 aliphatic rings. The van der Waals surface area contributed by atoms with E-state index in [1.165, 1.54) is 44.1 Å². The second-order valence-electron chi connectivity index (χ2n) is 11.1. The summed E-state index contributed by atoms with van der Waals surface area (Å²) in [5.74, 6) is 3.12. The molecule has 0 spiro atoms. The summed E-state index contributed by atoms with van der Waals surface area (Å²) in [5.41, 5.74) is 2.47. The van der Waals surface area contributed by atoms with Gasteiger partial charge >= 0.3 is 0 Å². The van der Waals surface area contributed by atoms with Gasteiger partial charge in [0.1, 0.15) is 11.5 Å². The van der Waals surface area contributed by atoms with Crippen LogP contribution < -0.4 is 20.1 Å². The Morgan fingerprint density at radius 2 is 1.31 bits per heavy atom. The van der Waals surface area contributed by atoms with E-state index in [9.17, 15) is 5.11 Å². The zero-order chi connectivity index (χ0) is 28.1. The fourth-order valence-corrected chi connectivity index (χ4v) is 5.26. The van der Waals surface area contributed by atoms with Crippen LogP contribution in [0.4, 0.5) is 0 Å². The van der Waals surface area contributed by atoms with Gasteiger partial charge in [0.2, 0.25) is 0 Å². The van der Waals surface area contributed by atoms with Crippen LogP contribution in [0, 0.1) is 11.8 Å². The zero-order valence-corrected chi connectivity index (χ0v) is 25.2. The normalized spacial score (nSPS) is 13.0. The Hall–Kier alpha value is -2.08. The van der Waals surface area contributed by atoms with Crippen molar-refractivity contribution in [3.63, 3.8) is 0 Å². The summed E-state index contributed by atoms with van der Waals surface area (Å²) in [5, 5.41) is 16.7. The van der Waals surface area contributed by atoms with Crippen LogP contribution in [-0.4, -0.2) is 51.1 Å². The number of nitrogens with one attached hydrogen (secondary N) is 2. The van der Waals surface area contributed by atoms with Gasteiger partial charge in [0.25, 0.3) is 0 Å². The van der Waals surface area contributed by atoms with Crippen molar-refractivity contribution in [2.24, 2.45) is 11.8 Å². The van der Waals surface area contributed by atoms with Crippen molar-refractivity contribution < 1.29 is 14.6 Å². The maximum absolute atomic E-state index is 10.1. The topological polar surface area (TPSA) is 62.8 Å². The molecule has 2 aromatic carbocycles. The van der Waals surface area contributed by atoms with E-state index in [1.54, 1.807) is 0 Å². The number of aryl methyl sites for hydroxylation is 1. The monoisotopic (exact) mass is 540 g/mol. The fraction of sp³-hybridized carbons (Fsp3) is 0.647. The van der Waals surface area contributed by atoms with E-state index >= 15 is 0 Å². The van der Waals surface area contributed by atoms with E-state index in [0.29, 0.717) is 24.8 Å². The van der Waals surface area contributed by atoms with E-state index < -0.39 is 0 Å². The Balaban J connectivity index is 1.67. The van der Waals surface area contributed by atoms with Crippen molar-refractivity contribution in [3.8, 4) is 11.5 Å². The maximum Gasteiger partial charge on any atom is 0.119 e. The number of aliphatic hydroxyl groups excluding tert-OH is 1. The first kappa shape index (κ1) is 33.1. The third-order valence-corrected chi connectivity index (χ3v) is 7.32. The van der Waals surface area contributed by atoms with E-state index in [1.807, 2.05) is 19.2 Å². The molecular formula is C34H56N2O3. The van der Waals surface area contributed by atoms with Crippen LogP contribution in [0.3, 0.4) is 0 Å². The van der Waals surface area contributed by atoms with Crippen LogP contribution >= 0.6 is 0 Å². The standard InChI is InChI=1S/C34H56N2O3/c1-5-11-29(12-6-2)26-38-33-17-8-14-28(23-33)16-10-20-36-21-19-30(13-7-3)27-39-34-18-9-15-31(24-34)22-32(37)25-35-4/h8-9,14-15,17-18,23-24,29-30,32,35-37H,5-7,10-13,16,19-22,25-27H2,1-4H3/t30?,32-/m1/s1. The summed E-state index contributed by atoms with van der Waals surface area (Å²) in [6.07, 6.45) is 10.9. The molecule has 5 nitrogen and oxygen atoms in total. The third kappa shape index (κ3) is 14.8. The smallest absolute Gasteiger partial charge is 0.119 e. The van der Waals surface area contributed by atoms with Crippen molar-refractivity contribution in [1.29, 1.82) is 0 Å². The predicted molar refractivity (Wildman–Crippen MR) is 165 cm³/mol. The Kier molecular flexibility index (Phi) is 17.6. The van der Waals surface area contributed by atoms with Gasteiger partial charge in [-0.25, -0.2) is 0 Å². The molecule has 1 unspecified atom stereocenters. The number of rotatable bonds is 23. The zero-order valence-electron chi connectivity index (χ0n) is 25.2. The lowest BCUT2D eigenvalue weighted by molar-refractivity contribution is 0.174. The highest BCUT2D eigenvalue weighted by Gasteiger charge is 2.11. The van der Waals surface area contributed by atoms with E-state index in [-0.39, 0.29) is 6.10 Å². The van der Waals surface area contributed by atoms with Crippen LogP contribution in [-0.2, 0) is 12.8 Å². The van der Waals surface area contributed by atoms with E-state index in [2.05, 4.69) is 67.8 Å². The highest BCUT2D eigenvalue weighted by molar-refractivity contribution is 5.29. The molecule has 0 bridgehead atoms. The van der Waals surface area contributed by atoms with Crippen molar-refractivity contribution >= 4 is 0 Å². The summed E-state index contributed by atoms with van der Waals surface area (Å²) >= 11 is 0. The molecular weight excluding hydrogens is 484 g/mol. The lowest BCUT2D eigenvalue weighted by atomic mass is 9.99. The van der Waals surface area contributed by atoms with Crippen molar-refractivity contribution in [3.05, 3.63) is 59.7 Å². The molecule has 2 aromatic rings. The minimum Gasteiger partial charge on any atom is -0.493 e. The molecule has 0 heterocycles. The molecule has 39 heavy (non-hydrogen) atoms. The molecule has 0 aliphatic heterocycles. The van der Waals surface area contributed by atoms with Gasteiger partial charge in [-0.05, 0) is 112 Å². The fourth-order valence-electron chi connectivity index (χ4n) is 5.26. The second-order valence-corrected chi connectivity index (χ2v) is 11.1. The van der Waals surface area contributed by atoms with E-state index in [4.69, 9.17) is 9.47 Å². The number of ether oxygens (including phenoxy) is 2. The van der Waals surface area contributed by atoms with Gasteiger partial charge in [-0.3, -0.25) is 0 Å². The first-order valence-electron chi connectivity index (χ1n) is 15.5. The molecule has 3 N–H and O–H groups in total. The largest absolute Gasteiger partial charge is 0.493 e. The van der Waals surface area contributed by atoms with Crippen LogP contribution in [0.5, 0.6) is 11.5 Å². The molecule has 2 rings (SSSR count). The average Bonchev–Trinajstić information content (AvgIpc) is 2.93. The summed E-state index contributed by atoms with van der Waals surface area (Å²) in [4.78, 5) is 0. The molecule has 0 aliphatic carbocycles. The summed E-state index contributed by atoms with van der Waals surface area (Å²) < 4.78 is 12.3. The Bertz CT molecular complexity index is 869. The second kappa shape index (κ2) is 20.8. The van der Waals surface area contributed by atoms with Gasteiger partial charge in [0.15, 0.2) is 0 Å². The van der Waals surface area contributed by atoms with Gasteiger partial charge in [-0.1, -0.05) is 64.3 Å². The summed E-state index contributed by atoms with van der Waals surface area (Å²) in [6, 6.07) is 16.8. The maximum atomic E-state index is 10.1. The predicted octanol–water partition coefficient (Wildman–Crippen LogP) is 6.81. The highest BCUT2D eigenvalue weighted by atomic mass is 16.5. The highest BCUT2D eigenvalue weighted by Crippen LogP contribution is 2.20. The third-order valence-electron chi connectivity index (χ3n) is 7.32. The van der Waals surface area contributed by atoms with Crippen LogP contribution in [0.25, 0.3) is 0 Å². The molecule has 0 radical (unpaired) electrons. The Labute approximate surface area is 239 Å². The molecule has 0 saturated carbocycles. The molecule has 2 atom stereocenters. The van der Waals surface area contributed by atoms with Crippen molar-refractivity contribution in [1.82, 2.24) is 10.6 Å². The van der Waals surface area contributed by atoms with Crippen molar-refractivity contribution in [2.45, 2.75) is 91.1 Å². The lowest BCUT2D eigenvalue weighted by Crippen LogP contribution is -2.25. The summed E-state index contributed by atoms with van der Waals surface area (Å²) in [7, 11) is 1.86. The van der Waals surface area contributed by atoms with Gasteiger partial charge in [-0.15, -0.1) is 0 Å². The van der Waals surface area contributed by atoms with Crippen LogP contribution in [0.1, 0.15) is 83.3 Å². The number of likely N-dealkylation sites (N-methyl/N-ethyl adjacent to an activating group) is 1. The van der Waals surface area contributed by atoms with Crippen LogP contribution in [0.15, 0.2) is 48.5 Å². The van der Waals surface area contributed by atoms with Gasteiger partial charge in [0.05, 0.1) is 19.3 Å². The van der Waals surface area contributed by atoms with Gasteiger partial charge < -0.3 is 25.2 Å². The molecule has 0 saturated heterocycles. The minimum absolute atomic E-state index is 0.379. The molecule has 0 fully saturated rings. The van der Waals surface area contributed by atoms with Gasteiger partial charge in [-0.2, -0.15) is 0 Å². The number of hydrogen-bond acceptors (Lipinski definition) is 5. The quantitative estimate of drug-likeness (QED) is 0.135. The number of aliphatic hydroxyl groups is 1. The first-order chi connectivity index (χ1) is 19.1. The minimum atomic E-state index is -0.379. The van der Waals surface area contributed by atoms with Gasteiger partial charge in [0, 0.05) is 6.54 Å². The van der Waals surface area contributed by atoms with Crippen molar-refractivity contribution in [2.75, 3.05) is 39.9 Å². The van der Waals surface area contributed by atoms with Crippen LogP contribution in [0.2, 0.25) is 0 Å². The SMILES string of the molecule is CCCC(CCC)COc1cccc(CCCNCCC(CCC)COc2cccc(C[C@@H](O)CNC)c2)c1. The lowest BCUT2D eigenvalue weighted by Gasteiger charge is -2.18. The Morgan fingerprint density at radius 1 is 0.744 bits per heavy atom. The van der Waals surface area contributed by atoms with E-state index in [0.717, 1.165) is 62.6 Å².